The highest BCUT2D eigenvalue weighted by Gasteiger charge is 2.00. The zero-order valence-corrected chi connectivity index (χ0v) is 10.4. The minimum absolute atomic E-state index is 0.303. The van der Waals surface area contributed by atoms with Gasteiger partial charge in [0.1, 0.15) is 5.75 Å². The van der Waals surface area contributed by atoms with E-state index in [0.29, 0.717) is 17.3 Å². The SMILES string of the molecule is CSCCCNCc1cc(Cl)ccc1O. The summed E-state index contributed by atoms with van der Waals surface area (Å²) in [6.45, 7) is 1.63. The number of phenolic OH excluding ortho intramolecular Hbond substituents is 1. The monoisotopic (exact) mass is 245 g/mol. The number of benzene rings is 1. The molecule has 0 radical (unpaired) electrons. The van der Waals surface area contributed by atoms with Crippen molar-refractivity contribution in [3.05, 3.63) is 28.8 Å². The lowest BCUT2D eigenvalue weighted by Crippen LogP contribution is -2.15. The third-order valence-corrected chi connectivity index (χ3v) is 2.99. The van der Waals surface area contributed by atoms with Crippen LogP contribution >= 0.6 is 23.4 Å². The Morgan fingerprint density at radius 3 is 3.00 bits per heavy atom. The molecule has 0 saturated heterocycles. The number of rotatable bonds is 6. The van der Waals surface area contributed by atoms with E-state index in [2.05, 4.69) is 11.6 Å². The maximum absolute atomic E-state index is 9.53. The van der Waals surface area contributed by atoms with Crippen LogP contribution in [0.15, 0.2) is 18.2 Å². The van der Waals surface area contributed by atoms with E-state index in [9.17, 15) is 5.11 Å². The number of thioether (sulfide) groups is 1. The molecule has 0 aliphatic rings. The van der Waals surface area contributed by atoms with Crippen molar-refractivity contribution in [3.8, 4) is 5.75 Å². The smallest absolute Gasteiger partial charge is 0.120 e. The molecular formula is C11H16ClNOS. The minimum Gasteiger partial charge on any atom is -0.508 e. The van der Waals surface area contributed by atoms with Crippen LogP contribution in [0.4, 0.5) is 0 Å². The fraction of sp³-hybridized carbons (Fsp3) is 0.455. The van der Waals surface area contributed by atoms with Crippen molar-refractivity contribution in [2.75, 3.05) is 18.6 Å². The third-order valence-electron chi connectivity index (χ3n) is 2.06. The van der Waals surface area contributed by atoms with E-state index < -0.39 is 0 Å². The van der Waals surface area contributed by atoms with Crippen molar-refractivity contribution in [3.63, 3.8) is 0 Å². The van der Waals surface area contributed by atoms with Gasteiger partial charge in [-0.1, -0.05) is 11.6 Å². The number of aromatic hydroxyl groups is 1. The molecule has 0 heterocycles. The van der Waals surface area contributed by atoms with Gasteiger partial charge in [0.05, 0.1) is 0 Å². The second-order valence-corrected chi connectivity index (χ2v) is 4.72. The van der Waals surface area contributed by atoms with E-state index in [1.807, 2.05) is 11.8 Å². The number of hydrogen-bond donors (Lipinski definition) is 2. The van der Waals surface area contributed by atoms with E-state index in [1.165, 1.54) is 0 Å². The zero-order valence-electron chi connectivity index (χ0n) is 8.79. The maximum atomic E-state index is 9.53. The van der Waals surface area contributed by atoms with Crippen LogP contribution in [-0.2, 0) is 6.54 Å². The molecular weight excluding hydrogens is 230 g/mol. The van der Waals surface area contributed by atoms with Crippen LogP contribution < -0.4 is 5.32 Å². The van der Waals surface area contributed by atoms with Gasteiger partial charge in [0.25, 0.3) is 0 Å². The summed E-state index contributed by atoms with van der Waals surface area (Å²) in [6, 6.07) is 5.10. The Labute approximate surface area is 100 Å². The topological polar surface area (TPSA) is 32.3 Å². The first-order chi connectivity index (χ1) is 7.24. The highest BCUT2D eigenvalue weighted by atomic mass is 35.5. The van der Waals surface area contributed by atoms with Gasteiger partial charge in [-0.15, -0.1) is 0 Å². The molecule has 0 spiro atoms. The first-order valence-electron chi connectivity index (χ1n) is 4.91. The van der Waals surface area contributed by atoms with Gasteiger partial charge >= 0.3 is 0 Å². The molecule has 1 aromatic carbocycles. The molecule has 0 aromatic heterocycles. The van der Waals surface area contributed by atoms with Crippen LogP contribution in [0.3, 0.4) is 0 Å². The Balaban J connectivity index is 2.33. The average Bonchev–Trinajstić information content (AvgIpc) is 2.23. The van der Waals surface area contributed by atoms with Crippen LogP contribution in [0.5, 0.6) is 5.75 Å². The first-order valence-corrected chi connectivity index (χ1v) is 6.68. The summed E-state index contributed by atoms with van der Waals surface area (Å²) in [5, 5.41) is 13.5. The van der Waals surface area contributed by atoms with Gasteiger partial charge in [-0.3, -0.25) is 0 Å². The molecule has 0 aliphatic carbocycles. The number of hydrogen-bond acceptors (Lipinski definition) is 3. The second-order valence-electron chi connectivity index (χ2n) is 3.30. The standard InChI is InChI=1S/C11H16ClNOS/c1-15-6-2-5-13-8-9-7-10(12)3-4-11(9)14/h3-4,7,13-14H,2,5-6,8H2,1H3. The summed E-state index contributed by atoms with van der Waals surface area (Å²) in [5.41, 5.74) is 0.853. The molecule has 0 atom stereocenters. The van der Waals surface area contributed by atoms with Gasteiger partial charge in [0.15, 0.2) is 0 Å². The fourth-order valence-electron chi connectivity index (χ4n) is 1.26. The van der Waals surface area contributed by atoms with Gasteiger partial charge in [0.2, 0.25) is 0 Å². The molecule has 15 heavy (non-hydrogen) atoms. The predicted octanol–water partition coefficient (Wildman–Crippen LogP) is 2.89. The maximum Gasteiger partial charge on any atom is 0.120 e. The van der Waals surface area contributed by atoms with E-state index in [1.54, 1.807) is 18.2 Å². The number of nitrogens with one attached hydrogen (secondary N) is 1. The summed E-state index contributed by atoms with van der Waals surface area (Å²) < 4.78 is 0. The second kappa shape index (κ2) is 6.99. The lowest BCUT2D eigenvalue weighted by atomic mass is 10.2. The van der Waals surface area contributed by atoms with Crippen molar-refractivity contribution < 1.29 is 5.11 Å². The third kappa shape index (κ3) is 4.78. The summed E-state index contributed by atoms with van der Waals surface area (Å²) >= 11 is 7.68. The molecule has 2 nitrogen and oxygen atoms in total. The van der Waals surface area contributed by atoms with Gasteiger partial charge in [-0.2, -0.15) is 11.8 Å². The summed E-state index contributed by atoms with van der Waals surface area (Å²) in [5.74, 6) is 1.46. The predicted molar refractivity (Wildman–Crippen MR) is 67.8 cm³/mol. The van der Waals surface area contributed by atoms with Crippen LogP contribution in [0.2, 0.25) is 5.02 Å². The number of phenols is 1. The number of halogens is 1. The lowest BCUT2D eigenvalue weighted by molar-refractivity contribution is 0.464. The van der Waals surface area contributed by atoms with E-state index in [0.717, 1.165) is 24.3 Å². The Morgan fingerprint density at radius 2 is 2.27 bits per heavy atom. The molecule has 0 bridgehead atoms. The molecule has 4 heteroatoms. The quantitative estimate of drug-likeness (QED) is 0.756. The van der Waals surface area contributed by atoms with Crippen LogP contribution in [-0.4, -0.2) is 23.7 Å². The van der Waals surface area contributed by atoms with Crippen molar-refractivity contribution >= 4 is 23.4 Å². The first kappa shape index (κ1) is 12.7. The molecule has 0 unspecified atom stereocenters. The van der Waals surface area contributed by atoms with E-state index >= 15 is 0 Å². The molecule has 0 saturated carbocycles. The van der Waals surface area contributed by atoms with Gasteiger partial charge in [0, 0.05) is 17.1 Å². The largest absolute Gasteiger partial charge is 0.508 e. The summed E-state index contributed by atoms with van der Waals surface area (Å²) in [4.78, 5) is 0. The van der Waals surface area contributed by atoms with Crippen molar-refractivity contribution in [2.24, 2.45) is 0 Å². The molecule has 84 valence electrons. The molecule has 0 amide bonds. The molecule has 0 fully saturated rings. The van der Waals surface area contributed by atoms with Crippen molar-refractivity contribution in [1.29, 1.82) is 0 Å². The van der Waals surface area contributed by atoms with Gasteiger partial charge in [-0.05, 0) is 43.2 Å². The molecule has 2 N–H and O–H groups in total. The average molecular weight is 246 g/mol. The van der Waals surface area contributed by atoms with Crippen molar-refractivity contribution in [1.82, 2.24) is 5.32 Å². The van der Waals surface area contributed by atoms with Crippen LogP contribution in [0.25, 0.3) is 0 Å². The Hall–Kier alpha value is -0.380. The zero-order chi connectivity index (χ0) is 11.1. The molecule has 0 aliphatic heterocycles. The van der Waals surface area contributed by atoms with E-state index in [-0.39, 0.29) is 0 Å². The van der Waals surface area contributed by atoms with Gasteiger partial charge in [-0.25, -0.2) is 0 Å². The summed E-state index contributed by atoms with van der Waals surface area (Å²) in [7, 11) is 0. The van der Waals surface area contributed by atoms with Crippen LogP contribution in [0.1, 0.15) is 12.0 Å². The van der Waals surface area contributed by atoms with Crippen LogP contribution in [0, 0.1) is 0 Å². The molecule has 1 aromatic rings. The lowest BCUT2D eigenvalue weighted by Gasteiger charge is -2.06. The Bertz CT molecular complexity index is 307. The summed E-state index contributed by atoms with van der Waals surface area (Å²) in [6.07, 6.45) is 3.24. The van der Waals surface area contributed by atoms with Crippen molar-refractivity contribution in [2.45, 2.75) is 13.0 Å². The normalized spacial score (nSPS) is 10.5. The highest BCUT2D eigenvalue weighted by molar-refractivity contribution is 7.98. The highest BCUT2D eigenvalue weighted by Crippen LogP contribution is 2.20. The Morgan fingerprint density at radius 1 is 1.47 bits per heavy atom. The minimum atomic E-state index is 0.303. The fourth-order valence-corrected chi connectivity index (χ4v) is 1.89. The van der Waals surface area contributed by atoms with Gasteiger partial charge < -0.3 is 10.4 Å². The Kier molecular flexibility index (Phi) is 5.91. The molecule has 1 rings (SSSR count). The van der Waals surface area contributed by atoms with E-state index in [4.69, 9.17) is 11.6 Å².